The van der Waals surface area contributed by atoms with Crippen molar-refractivity contribution in [2.45, 2.75) is 26.4 Å². The fourth-order valence-electron chi connectivity index (χ4n) is 5.43. The molecule has 8 heteroatoms. The molecule has 8 nitrogen and oxygen atoms in total. The average Bonchev–Trinajstić information content (AvgIpc) is 3.66. The molecule has 1 aliphatic heterocycles. The van der Waals surface area contributed by atoms with E-state index in [4.69, 9.17) is 0 Å². The van der Waals surface area contributed by atoms with Gasteiger partial charge >= 0.3 is 0 Å². The first kappa shape index (κ1) is 20.9. The number of amides is 1. The number of allylic oxidation sites excluding steroid dienone is 1. The molecule has 178 valence electrons. The van der Waals surface area contributed by atoms with Gasteiger partial charge in [0.2, 0.25) is 0 Å². The van der Waals surface area contributed by atoms with E-state index in [9.17, 15) is 4.79 Å². The highest BCUT2D eigenvalue weighted by Crippen LogP contribution is 2.34. The lowest BCUT2D eigenvalue weighted by Gasteiger charge is -2.28. The average molecular weight is 476 g/mol. The number of carbonyl (C=O) groups is 1. The predicted molar refractivity (Wildman–Crippen MR) is 136 cm³/mol. The van der Waals surface area contributed by atoms with Gasteiger partial charge in [0.15, 0.2) is 0 Å². The van der Waals surface area contributed by atoms with Crippen molar-refractivity contribution in [2.75, 3.05) is 6.54 Å². The normalized spacial score (nSPS) is 14.7. The largest absolute Gasteiger partial charge is 0.348 e. The molecule has 7 rings (SSSR count). The Hall–Kier alpha value is -4.46. The highest BCUT2D eigenvalue weighted by molar-refractivity contribution is 5.96. The molecule has 0 saturated carbocycles. The summed E-state index contributed by atoms with van der Waals surface area (Å²) < 4.78 is 5.92. The summed E-state index contributed by atoms with van der Waals surface area (Å²) in [5.41, 5.74) is 10.4. The van der Waals surface area contributed by atoms with E-state index in [2.05, 4.69) is 57.1 Å². The van der Waals surface area contributed by atoms with Crippen LogP contribution >= 0.6 is 0 Å². The van der Waals surface area contributed by atoms with Crippen LogP contribution in [0.5, 0.6) is 0 Å². The Kier molecular flexibility index (Phi) is 4.51. The van der Waals surface area contributed by atoms with E-state index in [0.717, 1.165) is 52.0 Å². The Morgan fingerprint density at radius 1 is 0.972 bits per heavy atom. The van der Waals surface area contributed by atoms with Crippen LogP contribution in [0.4, 0.5) is 0 Å². The minimum absolute atomic E-state index is 0.0340. The molecule has 2 aliphatic rings. The van der Waals surface area contributed by atoms with Crippen LogP contribution in [0.1, 0.15) is 38.4 Å². The molecule has 1 amide bonds. The second kappa shape index (κ2) is 7.78. The maximum atomic E-state index is 13.4. The van der Waals surface area contributed by atoms with Gasteiger partial charge in [0, 0.05) is 73.7 Å². The molecule has 0 aromatic carbocycles. The van der Waals surface area contributed by atoms with Crippen molar-refractivity contribution in [3.8, 4) is 11.1 Å². The number of aryl methyl sites for hydroxylation is 2. The van der Waals surface area contributed by atoms with Gasteiger partial charge in [-0.05, 0) is 47.9 Å². The number of pyridine rings is 2. The number of hydrogen-bond donors (Lipinski definition) is 0. The zero-order valence-corrected chi connectivity index (χ0v) is 20.2. The lowest BCUT2D eigenvalue weighted by Crippen LogP contribution is -2.38. The second-order valence-corrected chi connectivity index (χ2v) is 9.68. The number of rotatable bonds is 3. The van der Waals surface area contributed by atoms with Gasteiger partial charge in [-0.1, -0.05) is 6.08 Å². The van der Waals surface area contributed by atoms with Gasteiger partial charge in [-0.2, -0.15) is 10.2 Å². The van der Waals surface area contributed by atoms with Crippen molar-refractivity contribution in [2.24, 2.45) is 7.05 Å². The summed E-state index contributed by atoms with van der Waals surface area (Å²) in [5, 5.41) is 8.83. The van der Waals surface area contributed by atoms with E-state index in [1.54, 1.807) is 10.9 Å². The maximum absolute atomic E-state index is 13.4. The summed E-state index contributed by atoms with van der Waals surface area (Å²) in [4.78, 5) is 20.1. The third-order valence-electron chi connectivity index (χ3n) is 7.23. The van der Waals surface area contributed by atoms with Gasteiger partial charge in [-0.3, -0.25) is 14.5 Å². The summed E-state index contributed by atoms with van der Waals surface area (Å²) in [6, 6.07) is 8.41. The zero-order chi connectivity index (χ0) is 24.4. The molecule has 5 aromatic heterocycles. The van der Waals surface area contributed by atoms with Crippen molar-refractivity contribution in [1.29, 1.82) is 0 Å². The molecule has 1 aliphatic carbocycles. The molecule has 0 fully saturated rings. The molecule has 0 spiro atoms. The molecule has 5 aromatic rings. The van der Waals surface area contributed by atoms with E-state index in [1.807, 2.05) is 47.3 Å². The summed E-state index contributed by atoms with van der Waals surface area (Å²) in [6.07, 6.45) is 14.6. The molecule has 0 N–H and O–H groups in total. The van der Waals surface area contributed by atoms with Crippen LogP contribution in [-0.2, 0) is 26.6 Å². The van der Waals surface area contributed by atoms with E-state index in [0.29, 0.717) is 18.7 Å². The number of aromatic nitrogens is 6. The van der Waals surface area contributed by atoms with Crippen molar-refractivity contribution >= 4 is 17.0 Å². The van der Waals surface area contributed by atoms with Crippen LogP contribution in [0.2, 0.25) is 0 Å². The molecular weight excluding hydrogens is 450 g/mol. The Labute approximate surface area is 208 Å². The van der Waals surface area contributed by atoms with Gasteiger partial charge in [-0.25, -0.2) is 4.52 Å². The quantitative estimate of drug-likeness (QED) is 0.397. The first-order valence-electron chi connectivity index (χ1n) is 12.1. The van der Waals surface area contributed by atoms with E-state index in [-0.39, 0.29) is 5.91 Å². The SMILES string of the molecule is Cc1cc2n(c1)CCN(C(=O)c1cnc3c(c1)C(c1ccn4ncc(-c5cnn(C)c5)c4c1)=CC3)C2. The third kappa shape index (κ3) is 3.29. The molecule has 0 saturated heterocycles. The number of nitrogens with zero attached hydrogens (tertiary/aromatic N) is 7. The van der Waals surface area contributed by atoms with Crippen LogP contribution in [-0.4, -0.2) is 46.3 Å². The van der Waals surface area contributed by atoms with E-state index >= 15 is 0 Å². The van der Waals surface area contributed by atoms with Gasteiger partial charge in [0.05, 0.1) is 35.7 Å². The summed E-state index contributed by atoms with van der Waals surface area (Å²) in [5.74, 6) is 0.0340. The van der Waals surface area contributed by atoms with Crippen LogP contribution in [0.3, 0.4) is 0 Å². The van der Waals surface area contributed by atoms with Crippen molar-refractivity contribution in [1.82, 2.24) is 33.8 Å². The van der Waals surface area contributed by atoms with Crippen LogP contribution in [0.15, 0.2) is 67.5 Å². The second-order valence-electron chi connectivity index (χ2n) is 9.68. The summed E-state index contributed by atoms with van der Waals surface area (Å²) >= 11 is 0. The van der Waals surface area contributed by atoms with Gasteiger partial charge < -0.3 is 9.47 Å². The maximum Gasteiger partial charge on any atom is 0.255 e. The van der Waals surface area contributed by atoms with E-state index in [1.165, 1.54) is 11.3 Å². The highest BCUT2D eigenvalue weighted by Gasteiger charge is 2.25. The smallest absolute Gasteiger partial charge is 0.255 e. The molecule has 0 unspecified atom stereocenters. The Bertz CT molecular complexity index is 1700. The van der Waals surface area contributed by atoms with Crippen molar-refractivity contribution in [3.63, 3.8) is 0 Å². The molecule has 6 heterocycles. The lowest BCUT2D eigenvalue weighted by molar-refractivity contribution is 0.0710. The number of carbonyl (C=O) groups excluding carboxylic acids is 1. The van der Waals surface area contributed by atoms with Crippen LogP contribution in [0.25, 0.3) is 22.2 Å². The summed E-state index contributed by atoms with van der Waals surface area (Å²) in [7, 11) is 1.91. The van der Waals surface area contributed by atoms with Gasteiger partial charge in [0.1, 0.15) is 0 Å². The van der Waals surface area contributed by atoms with Crippen LogP contribution in [0, 0.1) is 6.92 Å². The summed E-state index contributed by atoms with van der Waals surface area (Å²) in [6.45, 7) is 4.25. The first-order chi connectivity index (χ1) is 17.5. The standard InChI is InChI=1S/C28H25N7O/c1-18-9-22-17-34(8-7-33(22)15-18)28(36)20-10-24-23(3-4-26(24)29-12-20)19-5-6-35-27(11-19)25(14-31-35)21-13-30-32(2)16-21/h3,5-6,9-16H,4,7-8,17H2,1-2H3. The minimum Gasteiger partial charge on any atom is -0.348 e. The first-order valence-corrected chi connectivity index (χ1v) is 12.1. The zero-order valence-electron chi connectivity index (χ0n) is 20.2. The molecular formula is C28H25N7O. The van der Waals surface area contributed by atoms with Crippen molar-refractivity contribution in [3.05, 3.63) is 101 Å². The highest BCUT2D eigenvalue weighted by atomic mass is 16.2. The Morgan fingerprint density at radius 2 is 1.89 bits per heavy atom. The van der Waals surface area contributed by atoms with Gasteiger partial charge in [0.25, 0.3) is 5.91 Å². The topological polar surface area (TPSA) is 73.2 Å². The molecule has 0 atom stereocenters. The fraction of sp³-hybridized carbons (Fsp3) is 0.214. The third-order valence-corrected chi connectivity index (χ3v) is 7.23. The van der Waals surface area contributed by atoms with Gasteiger partial charge in [-0.15, -0.1) is 0 Å². The fourth-order valence-corrected chi connectivity index (χ4v) is 5.43. The van der Waals surface area contributed by atoms with Crippen LogP contribution < -0.4 is 0 Å². The van der Waals surface area contributed by atoms with E-state index < -0.39 is 0 Å². The Balaban J connectivity index is 1.22. The molecule has 0 radical (unpaired) electrons. The lowest BCUT2D eigenvalue weighted by atomic mass is 9.99. The van der Waals surface area contributed by atoms with Crippen molar-refractivity contribution < 1.29 is 4.79 Å². The number of hydrogen-bond acceptors (Lipinski definition) is 4. The molecule has 36 heavy (non-hydrogen) atoms. The Morgan fingerprint density at radius 3 is 2.75 bits per heavy atom. The minimum atomic E-state index is 0.0340. The number of fused-ring (bicyclic) bond motifs is 3. The molecule has 0 bridgehead atoms. The monoisotopic (exact) mass is 475 g/mol. The predicted octanol–water partition coefficient (Wildman–Crippen LogP) is 3.88.